The maximum atomic E-state index is 8.85. The molecule has 1 N–H and O–H groups in total. The topological polar surface area (TPSA) is 45.0 Å². The molecule has 0 aliphatic carbocycles. The Balaban J connectivity index is 2.70. The summed E-state index contributed by atoms with van der Waals surface area (Å²) in [5.41, 5.74) is 0.487. The molecule has 1 rings (SSSR count). The number of nitrogens with one attached hydrogen (secondary N) is 1. The van der Waals surface area contributed by atoms with Crippen molar-refractivity contribution in [2.45, 2.75) is 25.9 Å². The lowest BCUT2D eigenvalue weighted by Crippen LogP contribution is -2.36. The summed E-state index contributed by atoms with van der Waals surface area (Å²) in [7, 11) is 1.58. The molecule has 86 valence electrons. The molecule has 0 bridgehead atoms. The molecule has 0 fully saturated rings. The van der Waals surface area contributed by atoms with Gasteiger partial charge in [-0.15, -0.1) is 0 Å². The van der Waals surface area contributed by atoms with Crippen molar-refractivity contribution in [3.8, 4) is 11.8 Å². The lowest BCUT2D eigenvalue weighted by Gasteiger charge is -2.17. The number of methoxy groups -OCH3 is 1. The molecule has 0 aliphatic rings. The minimum atomic E-state index is -0.535. The van der Waals surface area contributed by atoms with Crippen molar-refractivity contribution < 1.29 is 4.74 Å². The fourth-order valence-electron chi connectivity index (χ4n) is 1.18. The van der Waals surface area contributed by atoms with E-state index in [1.54, 1.807) is 7.11 Å². The van der Waals surface area contributed by atoms with E-state index in [1.807, 2.05) is 32.0 Å². The van der Waals surface area contributed by atoms with E-state index in [9.17, 15) is 0 Å². The summed E-state index contributed by atoms with van der Waals surface area (Å²) >= 11 is 6.00. The molecule has 0 aliphatic heterocycles. The minimum absolute atomic E-state index is 0.535. The van der Waals surface area contributed by atoms with Crippen LogP contribution < -0.4 is 10.1 Å². The first kappa shape index (κ1) is 12.8. The molecule has 3 nitrogen and oxygen atoms in total. The van der Waals surface area contributed by atoms with Crippen LogP contribution in [0.25, 0.3) is 0 Å². The zero-order valence-corrected chi connectivity index (χ0v) is 10.4. The smallest absolute Gasteiger partial charge is 0.137 e. The fraction of sp³-hybridized carbons (Fsp3) is 0.417. The Bertz CT molecular complexity index is 410. The summed E-state index contributed by atoms with van der Waals surface area (Å²) in [5.74, 6) is 0.657. The number of hydrogen-bond donors (Lipinski definition) is 1. The largest absolute Gasteiger partial charge is 0.495 e. The van der Waals surface area contributed by atoms with Gasteiger partial charge in [0.05, 0.1) is 18.2 Å². The van der Waals surface area contributed by atoms with Gasteiger partial charge in [-0.2, -0.15) is 5.26 Å². The predicted molar refractivity (Wildman–Crippen MR) is 64.5 cm³/mol. The van der Waals surface area contributed by atoms with Gasteiger partial charge in [0.1, 0.15) is 11.3 Å². The van der Waals surface area contributed by atoms with Crippen LogP contribution in [-0.2, 0) is 6.54 Å². The number of rotatable bonds is 4. The quantitative estimate of drug-likeness (QED) is 0.877. The second-order valence-electron chi connectivity index (χ2n) is 4.06. The first-order valence-electron chi connectivity index (χ1n) is 4.97. The van der Waals surface area contributed by atoms with Crippen molar-refractivity contribution in [1.29, 1.82) is 5.26 Å². The average Bonchev–Trinajstić information content (AvgIpc) is 2.27. The highest BCUT2D eigenvalue weighted by molar-refractivity contribution is 6.32. The molecule has 0 saturated heterocycles. The Kier molecular flexibility index (Phi) is 4.17. The van der Waals surface area contributed by atoms with Crippen LogP contribution in [0.15, 0.2) is 18.2 Å². The molecule has 0 saturated carbocycles. The number of benzene rings is 1. The van der Waals surface area contributed by atoms with Gasteiger partial charge in [0, 0.05) is 6.54 Å². The maximum Gasteiger partial charge on any atom is 0.137 e. The van der Waals surface area contributed by atoms with Crippen LogP contribution in [0, 0.1) is 11.3 Å². The van der Waals surface area contributed by atoms with Crippen molar-refractivity contribution in [3.05, 3.63) is 28.8 Å². The van der Waals surface area contributed by atoms with Gasteiger partial charge in [-0.25, -0.2) is 0 Å². The number of hydrogen-bond acceptors (Lipinski definition) is 3. The number of halogens is 1. The molecule has 4 heteroatoms. The first-order valence-corrected chi connectivity index (χ1v) is 5.35. The third kappa shape index (κ3) is 3.41. The Morgan fingerprint density at radius 2 is 2.19 bits per heavy atom. The van der Waals surface area contributed by atoms with Crippen molar-refractivity contribution in [3.63, 3.8) is 0 Å². The van der Waals surface area contributed by atoms with Gasteiger partial charge in [0.25, 0.3) is 0 Å². The van der Waals surface area contributed by atoms with E-state index in [2.05, 4.69) is 11.4 Å². The highest BCUT2D eigenvalue weighted by atomic mass is 35.5. The van der Waals surface area contributed by atoms with Gasteiger partial charge >= 0.3 is 0 Å². The highest BCUT2D eigenvalue weighted by Gasteiger charge is 2.15. The van der Waals surface area contributed by atoms with Gasteiger partial charge in [-0.05, 0) is 31.5 Å². The fourth-order valence-corrected chi connectivity index (χ4v) is 1.46. The first-order chi connectivity index (χ1) is 7.48. The second-order valence-corrected chi connectivity index (χ2v) is 4.47. The Hall–Kier alpha value is -1.24. The molecule has 0 spiro atoms. The van der Waals surface area contributed by atoms with Gasteiger partial charge in [0.2, 0.25) is 0 Å². The molecule has 16 heavy (non-hydrogen) atoms. The van der Waals surface area contributed by atoms with E-state index in [1.165, 1.54) is 0 Å². The summed E-state index contributed by atoms with van der Waals surface area (Å²) in [5, 5.41) is 12.6. The lowest BCUT2D eigenvalue weighted by atomic mass is 10.1. The molecule has 0 heterocycles. The Morgan fingerprint density at radius 1 is 1.50 bits per heavy atom. The summed E-state index contributed by atoms with van der Waals surface area (Å²) in [4.78, 5) is 0. The molecule has 0 aromatic heterocycles. The van der Waals surface area contributed by atoms with Crippen LogP contribution in [0.4, 0.5) is 0 Å². The van der Waals surface area contributed by atoms with Crippen LogP contribution in [-0.4, -0.2) is 12.6 Å². The van der Waals surface area contributed by atoms with E-state index < -0.39 is 5.54 Å². The molecule has 0 amide bonds. The van der Waals surface area contributed by atoms with Gasteiger partial charge in [0.15, 0.2) is 0 Å². The monoisotopic (exact) mass is 238 g/mol. The van der Waals surface area contributed by atoms with Crippen molar-refractivity contribution in [1.82, 2.24) is 5.32 Å². The number of ether oxygens (including phenoxy) is 1. The zero-order chi connectivity index (χ0) is 12.2. The Morgan fingerprint density at radius 3 is 2.69 bits per heavy atom. The van der Waals surface area contributed by atoms with Crippen molar-refractivity contribution in [2.24, 2.45) is 0 Å². The predicted octanol–water partition coefficient (Wildman–Crippen LogP) is 2.74. The maximum absolute atomic E-state index is 8.85. The molecular formula is C12H15ClN2O. The average molecular weight is 239 g/mol. The van der Waals surface area contributed by atoms with Crippen molar-refractivity contribution >= 4 is 11.6 Å². The van der Waals surface area contributed by atoms with Gasteiger partial charge < -0.3 is 4.74 Å². The van der Waals surface area contributed by atoms with Crippen LogP contribution >= 0.6 is 11.6 Å². The summed E-state index contributed by atoms with van der Waals surface area (Å²) in [6.45, 7) is 4.26. The normalized spacial score (nSPS) is 10.9. The number of nitriles is 1. The van der Waals surface area contributed by atoms with Crippen LogP contribution in [0.1, 0.15) is 19.4 Å². The van der Waals surface area contributed by atoms with E-state index in [0.29, 0.717) is 17.3 Å². The van der Waals surface area contributed by atoms with Gasteiger partial charge in [-0.3, -0.25) is 5.32 Å². The molecule has 1 aromatic rings. The summed E-state index contributed by atoms with van der Waals surface area (Å²) < 4.78 is 5.06. The van der Waals surface area contributed by atoms with Gasteiger partial charge in [-0.1, -0.05) is 17.7 Å². The lowest BCUT2D eigenvalue weighted by molar-refractivity contribution is 0.414. The molecule has 0 radical (unpaired) electrons. The second kappa shape index (κ2) is 5.20. The van der Waals surface area contributed by atoms with Crippen LogP contribution in [0.2, 0.25) is 5.02 Å². The SMILES string of the molecule is COc1ccc(CNC(C)(C)C#N)cc1Cl. The number of nitrogens with zero attached hydrogens (tertiary/aromatic N) is 1. The molecular weight excluding hydrogens is 224 g/mol. The molecule has 1 aromatic carbocycles. The standard InChI is InChI=1S/C12H15ClN2O/c1-12(2,8-14)15-7-9-4-5-11(16-3)10(13)6-9/h4-6,15H,7H2,1-3H3. The van der Waals surface area contributed by atoms with Crippen molar-refractivity contribution in [2.75, 3.05) is 7.11 Å². The third-order valence-electron chi connectivity index (χ3n) is 2.23. The van der Waals surface area contributed by atoms with E-state index >= 15 is 0 Å². The third-order valence-corrected chi connectivity index (χ3v) is 2.53. The highest BCUT2D eigenvalue weighted by Crippen LogP contribution is 2.24. The molecule has 0 unspecified atom stereocenters. The van der Waals surface area contributed by atoms with E-state index in [-0.39, 0.29) is 0 Å². The van der Waals surface area contributed by atoms with E-state index in [4.69, 9.17) is 21.6 Å². The van der Waals surface area contributed by atoms with Crippen LogP contribution in [0.5, 0.6) is 5.75 Å². The minimum Gasteiger partial charge on any atom is -0.495 e. The van der Waals surface area contributed by atoms with Crippen LogP contribution in [0.3, 0.4) is 0 Å². The molecule has 0 atom stereocenters. The summed E-state index contributed by atoms with van der Waals surface area (Å²) in [6, 6.07) is 7.75. The summed E-state index contributed by atoms with van der Waals surface area (Å²) in [6.07, 6.45) is 0. The van der Waals surface area contributed by atoms with E-state index in [0.717, 1.165) is 5.56 Å². The zero-order valence-electron chi connectivity index (χ0n) is 9.67. The Labute approximate surface area is 101 Å².